The van der Waals surface area contributed by atoms with Gasteiger partial charge in [0.15, 0.2) is 0 Å². The van der Waals surface area contributed by atoms with Gasteiger partial charge in [-0.15, -0.1) is 11.3 Å². The van der Waals surface area contributed by atoms with Gasteiger partial charge in [-0.1, -0.05) is 20.8 Å². The van der Waals surface area contributed by atoms with E-state index in [9.17, 15) is 18.0 Å². The van der Waals surface area contributed by atoms with E-state index < -0.39 is 15.6 Å². The lowest BCUT2D eigenvalue weighted by Crippen LogP contribution is -2.49. The maximum atomic E-state index is 12.8. The van der Waals surface area contributed by atoms with Crippen LogP contribution in [-0.4, -0.2) is 77.2 Å². The van der Waals surface area contributed by atoms with Gasteiger partial charge in [0.05, 0.1) is 15.6 Å². The van der Waals surface area contributed by atoms with Crippen LogP contribution < -0.4 is 5.56 Å². The van der Waals surface area contributed by atoms with Crippen LogP contribution in [-0.2, 0) is 34.3 Å². The minimum atomic E-state index is -3.70. The second-order valence-electron chi connectivity index (χ2n) is 7.66. The predicted molar refractivity (Wildman–Crippen MR) is 124 cm³/mol. The standard InChI is InChI=1S/C21H31N5O4S2/c1-4-19-22-17(16-31-19)13-23-9-11-24(12-10-23)21(28)15-25-14-18(7-8-20(25)27)32(29,30)26(5-2)6-3/h7-8,14,16H,4-6,9-13,15H2,1-3H3. The Labute approximate surface area is 193 Å². The molecule has 1 amide bonds. The van der Waals surface area contributed by atoms with E-state index >= 15 is 0 Å². The van der Waals surface area contributed by atoms with Crippen LogP contribution in [0.1, 0.15) is 31.5 Å². The van der Waals surface area contributed by atoms with E-state index in [2.05, 4.69) is 22.2 Å². The predicted octanol–water partition coefficient (Wildman–Crippen LogP) is 1.24. The molecule has 0 radical (unpaired) electrons. The number of pyridine rings is 1. The second kappa shape index (κ2) is 10.7. The molecule has 2 aromatic heterocycles. The lowest BCUT2D eigenvalue weighted by molar-refractivity contribution is -0.133. The van der Waals surface area contributed by atoms with Gasteiger partial charge in [-0.3, -0.25) is 14.5 Å². The fourth-order valence-corrected chi connectivity index (χ4v) is 5.93. The monoisotopic (exact) mass is 481 g/mol. The Morgan fingerprint density at radius 2 is 1.81 bits per heavy atom. The van der Waals surface area contributed by atoms with Crippen molar-refractivity contribution in [2.75, 3.05) is 39.3 Å². The summed E-state index contributed by atoms with van der Waals surface area (Å²) in [5.74, 6) is -0.189. The van der Waals surface area contributed by atoms with Crippen molar-refractivity contribution in [3.8, 4) is 0 Å². The minimum Gasteiger partial charge on any atom is -0.339 e. The number of nitrogens with zero attached hydrogens (tertiary/aromatic N) is 5. The molecule has 11 heteroatoms. The van der Waals surface area contributed by atoms with E-state index in [1.54, 1.807) is 30.1 Å². The van der Waals surface area contributed by atoms with Gasteiger partial charge in [-0.25, -0.2) is 13.4 Å². The highest BCUT2D eigenvalue weighted by molar-refractivity contribution is 7.89. The zero-order valence-corrected chi connectivity index (χ0v) is 20.5. The van der Waals surface area contributed by atoms with Gasteiger partial charge in [0, 0.05) is 63.5 Å². The summed E-state index contributed by atoms with van der Waals surface area (Å²) in [7, 11) is -3.70. The second-order valence-corrected chi connectivity index (χ2v) is 10.5. The lowest BCUT2D eigenvalue weighted by atomic mass is 10.3. The Kier molecular flexibility index (Phi) is 8.21. The summed E-state index contributed by atoms with van der Waals surface area (Å²) < 4.78 is 28.0. The van der Waals surface area contributed by atoms with Gasteiger partial charge < -0.3 is 9.47 Å². The summed E-state index contributed by atoms with van der Waals surface area (Å²) in [6.07, 6.45) is 2.21. The summed E-state index contributed by atoms with van der Waals surface area (Å²) >= 11 is 1.67. The number of thiazole rings is 1. The number of hydrogen-bond acceptors (Lipinski definition) is 7. The molecule has 1 saturated heterocycles. The number of aromatic nitrogens is 2. The molecule has 3 heterocycles. The summed E-state index contributed by atoms with van der Waals surface area (Å²) in [6, 6.07) is 2.51. The van der Waals surface area contributed by atoms with Gasteiger partial charge in [-0.05, 0) is 12.5 Å². The molecule has 1 aliphatic heterocycles. The van der Waals surface area contributed by atoms with Crippen molar-refractivity contribution in [3.05, 3.63) is 44.8 Å². The molecular formula is C21H31N5O4S2. The number of piperazine rings is 1. The van der Waals surface area contributed by atoms with Crippen LogP contribution in [0.15, 0.2) is 33.4 Å². The highest BCUT2D eigenvalue weighted by atomic mass is 32.2. The number of carbonyl (C=O) groups excluding carboxylic acids is 1. The van der Waals surface area contributed by atoms with E-state index in [1.807, 2.05) is 0 Å². The Morgan fingerprint density at radius 1 is 1.12 bits per heavy atom. The number of sulfonamides is 1. The van der Waals surface area contributed by atoms with E-state index in [-0.39, 0.29) is 17.3 Å². The molecule has 2 aromatic rings. The molecule has 0 aromatic carbocycles. The zero-order chi connectivity index (χ0) is 23.3. The minimum absolute atomic E-state index is 0.0214. The van der Waals surface area contributed by atoms with Crippen molar-refractivity contribution >= 4 is 27.3 Å². The van der Waals surface area contributed by atoms with Crippen LogP contribution in [0.25, 0.3) is 0 Å². The molecule has 3 rings (SSSR count). The largest absolute Gasteiger partial charge is 0.339 e. The molecule has 32 heavy (non-hydrogen) atoms. The third-order valence-electron chi connectivity index (χ3n) is 5.62. The van der Waals surface area contributed by atoms with Crippen LogP contribution in [0.5, 0.6) is 0 Å². The van der Waals surface area contributed by atoms with E-state index in [0.29, 0.717) is 26.2 Å². The summed E-state index contributed by atoms with van der Waals surface area (Å²) in [5.41, 5.74) is 0.662. The first kappa shape index (κ1) is 24.6. The molecule has 0 N–H and O–H groups in total. The van der Waals surface area contributed by atoms with Crippen molar-refractivity contribution < 1.29 is 13.2 Å². The van der Waals surface area contributed by atoms with E-state index in [0.717, 1.165) is 36.8 Å². The maximum absolute atomic E-state index is 12.8. The Bertz CT molecular complexity index is 1080. The van der Waals surface area contributed by atoms with Crippen molar-refractivity contribution in [2.24, 2.45) is 0 Å². The zero-order valence-electron chi connectivity index (χ0n) is 18.9. The van der Waals surface area contributed by atoms with Crippen LogP contribution in [0.3, 0.4) is 0 Å². The van der Waals surface area contributed by atoms with Crippen molar-refractivity contribution in [1.29, 1.82) is 0 Å². The smallest absolute Gasteiger partial charge is 0.251 e. The van der Waals surface area contributed by atoms with E-state index in [4.69, 9.17) is 0 Å². The fraction of sp³-hybridized carbons (Fsp3) is 0.571. The molecule has 176 valence electrons. The molecule has 0 spiro atoms. The third-order valence-corrected chi connectivity index (χ3v) is 8.69. The average molecular weight is 482 g/mol. The lowest BCUT2D eigenvalue weighted by Gasteiger charge is -2.34. The summed E-state index contributed by atoms with van der Waals surface area (Å²) in [6.45, 7) is 9.47. The van der Waals surface area contributed by atoms with Crippen molar-refractivity contribution in [3.63, 3.8) is 0 Å². The molecule has 0 atom stereocenters. The number of aryl methyl sites for hydroxylation is 1. The third kappa shape index (κ3) is 5.64. The summed E-state index contributed by atoms with van der Waals surface area (Å²) in [4.78, 5) is 33.7. The van der Waals surface area contributed by atoms with Crippen LogP contribution >= 0.6 is 11.3 Å². The van der Waals surface area contributed by atoms with Gasteiger partial charge in [0.2, 0.25) is 15.9 Å². The van der Waals surface area contributed by atoms with Crippen LogP contribution in [0.2, 0.25) is 0 Å². The van der Waals surface area contributed by atoms with Crippen molar-refractivity contribution in [1.82, 2.24) is 23.7 Å². The topological polar surface area (TPSA) is 95.8 Å². The van der Waals surface area contributed by atoms with E-state index in [1.165, 1.54) is 27.2 Å². The van der Waals surface area contributed by atoms with Gasteiger partial charge in [0.1, 0.15) is 6.54 Å². The first-order valence-corrected chi connectivity index (χ1v) is 13.2. The summed E-state index contributed by atoms with van der Waals surface area (Å²) in [5, 5.41) is 3.21. The van der Waals surface area contributed by atoms with Gasteiger partial charge in [-0.2, -0.15) is 4.31 Å². The van der Waals surface area contributed by atoms with Gasteiger partial charge in [0.25, 0.3) is 5.56 Å². The molecule has 0 aliphatic carbocycles. The Morgan fingerprint density at radius 3 is 2.41 bits per heavy atom. The number of amides is 1. The number of hydrogen-bond donors (Lipinski definition) is 0. The average Bonchev–Trinajstić information content (AvgIpc) is 3.23. The Balaban J connectivity index is 1.62. The first-order valence-electron chi connectivity index (χ1n) is 10.9. The van der Waals surface area contributed by atoms with Crippen molar-refractivity contribution in [2.45, 2.75) is 45.2 Å². The first-order chi connectivity index (χ1) is 15.3. The molecular weight excluding hydrogens is 450 g/mol. The number of rotatable bonds is 9. The molecule has 0 bridgehead atoms. The quantitative estimate of drug-likeness (QED) is 0.535. The SMILES string of the molecule is CCc1nc(CN2CCN(C(=O)Cn3cc(S(=O)(=O)N(CC)CC)ccc3=O)CC2)cs1. The molecule has 1 fully saturated rings. The molecule has 9 nitrogen and oxygen atoms in total. The van der Waals surface area contributed by atoms with Gasteiger partial charge >= 0.3 is 0 Å². The molecule has 0 unspecified atom stereocenters. The van der Waals surface area contributed by atoms with Crippen LogP contribution in [0.4, 0.5) is 0 Å². The Hall–Kier alpha value is -2.08. The van der Waals surface area contributed by atoms with Crippen LogP contribution in [0, 0.1) is 0 Å². The maximum Gasteiger partial charge on any atom is 0.251 e. The normalized spacial score (nSPS) is 15.4. The highest BCUT2D eigenvalue weighted by Gasteiger charge is 2.25. The number of carbonyl (C=O) groups is 1. The fourth-order valence-electron chi connectivity index (χ4n) is 3.71. The molecule has 1 aliphatic rings. The molecule has 0 saturated carbocycles. The highest BCUT2D eigenvalue weighted by Crippen LogP contribution is 2.15.